The number of benzene rings is 1. The van der Waals surface area contributed by atoms with Gasteiger partial charge in [0.1, 0.15) is 6.26 Å². The summed E-state index contributed by atoms with van der Waals surface area (Å²) in [7, 11) is 0. The van der Waals surface area contributed by atoms with Gasteiger partial charge in [0.05, 0.1) is 28.2 Å². The number of pyridine rings is 1. The van der Waals surface area contributed by atoms with Gasteiger partial charge in [0, 0.05) is 29.6 Å². The highest BCUT2D eigenvalue weighted by Gasteiger charge is 2.22. The van der Waals surface area contributed by atoms with E-state index in [4.69, 9.17) is 18.9 Å². The van der Waals surface area contributed by atoms with Crippen LogP contribution < -0.4 is 20.4 Å². The van der Waals surface area contributed by atoms with Crippen molar-refractivity contribution in [1.82, 2.24) is 4.40 Å². The SMILES string of the molecule is O=c1c2cocc2cc2c3c(cn12)Cc1cc2c(cc1N=3)OCO2. The number of hydrogen-bond donors (Lipinski definition) is 0. The second kappa shape index (κ2) is 3.97. The van der Waals surface area contributed by atoms with Gasteiger partial charge in [-0.15, -0.1) is 0 Å². The lowest BCUT2D eigenvalue weighted by molar-refractivity contribution is 0.174. The molecule has 3 aromatic heterocycles. The number of hydrogen-bond acceptors (Lipinski definition) is 5. The van der Waals surface area contributed by atoms with Gasteiger partial charge in [0.15, 0.2) is 11.5 Å². The van der Waals surface area contributed by atoms with Crippen molar-refractivity contribution in [3.63, 3.8) is 0 Å². The van der Waals surface area contributed by atoms with E-state index >= 15 is 0 Å². The Kier molecular flexibility index (Phi) is 2.02. The van der Waals surface area contributed by atoms with E-state index in [-0.39, 0.29) is 12.4 Å². The van der Waals surface area contributed by atoms with Gasteiger partial charge in [-0.25, -0.2) is 4.99 Å². The fourth-order valence-corrected chi connectivity index (χ4v) is 3.54. The van der Waals surface area contributed by atoms with E-state index in [1.807, 2.05) is 24.4 Å². The van der Waals surface area contributed by atoms with Crippen LogP contribution in [-0.2, 0) is 6.42 Å². The molecule has 4 aromatic rings. The van der Waals surface area contributed by atoms with Gasteiger partial charge in [-0.05, 0) is 17.7 Å². The van der Waals surface area contributed by atoms with E-state index in [1.54, 1.807) is 10.7 Å². The van der Waals surface area contributed by atoms with Crippen LogP contribution in [0.1, 0.15) is 11.1 Å². The molecule has 6 heteroatoms. The summed E-state index contributed by atoms with van der Waals surface area (Å²) in [5, 5.41) is 2.20. The fraction of sp³-hybridized carbons (Fsp3) is 0.111. The molecular weight excluding hydrogens is 308 g/mol. The van der Waals surface area contributed by atoms with Crippen LogP contribution in [0.3, 0.4) is 0 Å². The largest absolute Gasteiger partial charge is 0.471 e. The third-order valence-corrected chi connectivity index (χ3v) is 4.71. The first-order valence-corrected chi connectivity index (χ1v) is 7.62. The topological polar surface area (TPSA) is 65.4 Å². The minimum absolute atomic E-state index is 0.0842. The summed E-state index contributed by atoms with van der Waals surface area (Å²) in [4.78, 5) is 17.4. The average molecular weight is 318 g/mol. The molecule has 0 N–H and O–H groups in total. The number of furan rings is 1. The average Bonchev–Trinajstić information content (AvgIpc) is 3.29. The molecule has 1 aromatic carbocycles. The predicted molar refractivity (Wildman–Crippen MR) is 85.2 cm³/mol. The van der Waals surface area contributed by atoms with Crippen LogP contribution in [0.5, 0.6) is 11.5 Å². The predicted octanol–water partition coefficient (Wildman–Crippen LogP) is 2.35. The van der Waals surface area contributed by atoms with E-state index in [9.17, 15) is 4.79 Å². The van der Waals surface area contributed by atoms with Crippen molar-refractivity contribution in [3.05, 3.63) is 63.8 Å². The molecule has 6 rings (SSSR count). The smallest absolute Gasteiger partial charge is 0.266 e. The zero-order chi connectivity index (χ0) is 15.8. The summed E-state index contributed by atoms with van der Waals surface area (Å²) < 4.78 is 17.7. The quantitative estimate of drug-likeness (QED) is 0.440. The number of rotatable bonds is 0. The highest BCUT2D eigenvalue weighted by molar-refractivity contribution is 5.84. The molecule has 0 atom stereocenters. The minimum atomic E-state index is -0.0842. The minimum Gasteiger partial charge on any atom is -0.471 e. The zero-order valence-corrected chi connectivity index (χ0v) is 12.4. The van der Waals surface area contributed by atoms with Gasteiger partial charge in [-0.2, -0.15) is 0 Å². The molecule has 0 saturated carbocycles. The highest BCUT2D eigenvalue weighted by Crippen LogP contribution is 2.39. The van der Waals surface area contributed by atoms with E-state index in [0.29, 0.717) is 17.6 Å². The molecule has 0 amide bonds. The zero-order valence-electron chi connectivity index (χ0n) is 12.4. The molecule has 6 nitrogen and oxygen atoms in total. The Hall–Kier alpha value is -3.28. The monoisotopic (exact) mass is 318 g/mol. The summed E-state index contributed by atoms with van der Waals surface area (Å²) in [6, 6.07) is 5.82. The molecule has 0 aliphatic carbocycles. The summed E-state index contributed by atoms with van der Waals surface area (Å²) in [5.74, 6) is 1.47. The Morgan fingerprint density at radius 3 is 2.83 bits per heavy atom. The summed E-state index contributed by atoms with van der Waals surface area (Å²) in [6.07, 6.45) is 5.66. The number of fused-ring (bicyclic) bond motifs is 6. The van der Waals surface area contributed by atoms with Crippen LogP contribution in [0.15, 0.2) is 51.1 Å². The summed E-state index contributed by atoms with van der Waals surface area (Å²) in [6.45, 7) is 0.244. The first-order valence-electron chi connectivity index (χ1n) is 7.62. The van der Waals surface area contributed by atoms with Gasteiger partial charge in [0.2, 0.25) is 6.79 Å². The molecule has 5 heterocycles. The second-order valence-electron chi connectivity index (χ2n) is 6.07. The molecule has 116 valence electrons. The molecule has 0 radical (unpaired) electrons. The molecule has 0 bridgehead atoms. The first kappa shape index (κ1) is 12.2. The fourth-order valence-electron chi connectivity index (χ4n) is 3.54. The van der Waals surface area contributed by atoms with Gasteiger partial charge in [0.25, 0.3) is 5.56 Å². The van der Waals surface area contributed by atoms with Gasteiger partial charge < -0.3 is 13.9 Å². The van der Waals surface area contributed by atoms with Crippen molar-refractivity contribution < 1.29 is 13.9 Å². The van der Waals surface area contributed by atoms with Crippen LogP contribution in [0.25, 0.3) is 16.3 Å². The van der Waals surface area contributed by atoms with Crippen molar-refractivity contribution in [2.45, 2.75) is 6.42 Å². The maximum absolute atomic E-state index is 12.6. The Labute approximate surface area is 134 Å². The maximum atomic E-state index is 12.6. The van der Waals surface area contributed by atoms with Gasteiger partial charge in [-0.3, -0.25) is 9.20 Å². The maximum Gasteiger partial charge on any atom is 0.266 e. The lowest BCUT2D eigenvalue weighted by atomic mass is 10.0. The standard InChI is InChI=1S/C18H10N2O4/c21-18-12-7-22-6-11(12)2-14-17-10(5-20(14)18)1-9-3-15-16(24-8-23-15)4-13(9)19-17/h2-7H,1,8H2. The van der Waals surface area contributed by atoms with Gasteiger partial charge >= 0.3 is 0 Å². The Balaban J connectivity index is 1.71. The Morgan fingerprint density at radius 2 is 1.92 bits per heavy atom. The molecule has 24 heavy (non-hydrogen) atoms. The highest BCUT2D eigenvalue weighted by atomic mass is 16.7. The van der Waals surface area contributed by atoms with Gasteiger partial charge in [-0.1, -0.05) is 0 Å². The van der Waals surface area contributed by atoms with Crippen LogP contribution in [0.4, 0.5) is 5.69 Å². The van der Waals surface area contributed by atoms with E-state index in [0.717, 1.165) is 38.8 Å². The third-order valence-electron chi connectivity index (χ3n) is 4.71. The van der Waals surface area contributed by atoms with Crippen molar-refractivity contribution in [2.24, 2.45) is 4.99 Å². The molecule has 0 saturated heterocycles. The molecule has 0 spiro atoms. The van der Waals surface area contributed by atoms with Crippen molar-refractivity contribution in [2.75, 3.05) is 6.79 Å². The van der Waals surface area contributed by atoms with Crippen LogP contribution >= 0.6 is 0 Å². The molecular formula is C18H10N2O4. The Bertz CT molecular complexity index is 1280. The normalized spacial score (nSPS) is 14.7. The number of ether oxygens (including phenoxy) is 2. The van der Waals surface area contributed by atoms with Crippen molar-refractivity contribution in [3.8, 4) is 11.5 Å². The molecule has 0 fully saturated rings. The summed E-state index contributed by atoms with van der Waals surface area (Å²) >= 11 is 0. The van der Waals surface area contributed by atoms with Crippen LogP contribution in [0.2, 0.25) is 0 Å². The van der Waals surface area contributed by atoms with E-state index in [2.05, 4.69) is 0 Å². The number of nitrogens with zero attached hydrogens (tertiary/aromatic N) is 2. The molecule has 0 unspecified atom stereocenters. The lowest BCUT2D eigenvalue weighted by Gasteiger charge is -2.10. The Morgan fingerprint density at radius 1 is 1.04 bits per heavy atom. The lowest BCUT2D eigenvalue weighted by Crippen LogP contribution is -2.14. The van der Waals surface area contributed by atoms with Crippen LogP contribution in [0, 0.1) is 0 Å². The summed E-state index contributed by atoms with van der Waals surface area (Å²) in [5.41, 5.74) is 3.68. The molecule has 2 aliphatic rings. The number of aromatic nitrogens is 1. The van der Waals surface area contributed by atoms with E-state index < -0.39 is 0 Å². The molecule has 2 aliphatic heterocycles. The van der Waals surface area contributed by atoms with Crippen molar-refractivity contribution >= 4 is 22.0 Å². The first-order chi connectivity index (χ1) is 11.8. The third kappa shape index (κ3) is 1.40. The van der Waals surface area contributed by atoms with Crippen LogP contribution in [-0.4, -0.2) is 11.2 Å². The van der Waals surface area contributed by atoms with E-state index in [1.165, 1.54) is 6.26 Å². The second-order valence-corrected chi connectivity index (χ2v) is 6.07. The van der Waals surface area contributed by atoms with Crippen molar-refractivity contribution in [1.29, 1.82) is 0 Å².